The van der Waals surface area contributed by atoms with Crippen LogP contribution in [0.3, 0.4) is 0 Å². The van der Waals surface area contributed by atoms with E-state index in [-0.39, 0.29) is 11.5 Å². The first kappa shape index (κ1) is 24.1. The summed E-state index contributed by atoms with van der Waals surface area (Å²) in [6, 6.07) is 3.24. The Morgan fingerprint density at radius 1 is 1.26 bits per heavy atom. The first-order valence-corrected chi connectivity index (χ1v) is 11.8. The molecule has 9 heteroatoms. The molecule has 1 fully saturated rings. The van der Waals surface area contributed by atoms with E-state index in [9.17, 15) is 14.6 Å². The molecule has 1 amide bonds. The molecular formula is C22H35N3O5S. The number of hydrogen-bond donors (Lipinski definition) is 1. The van der Waals surface area contributed by atoms with E-state index in [0.29, 0.717) is 43.9 Å². The van der Waals surface area contributed by atoms with Gasteiger partial charge in [-0.05, 0) is 66.4 Å². The summed E-state index contributed by atoms with van der Waals surface area (Å²) in [5.74, 6) is 0.460. The smallest absolute Gasteiger partial charge is 0.410 e. The fourth-order valence-corrected chi connectivity index (χ4v) is 5.45. The number of ether oxygens (including phenoxy) is 2. The van der Waals surface area contributed by atoms with Crippen molar-refractivity contribution in [2.75, 3.05) is 20.2 Å². The van der Waals surface area contributed by atoms with E-state index in [1.807, 2.05) is 53.7 Å². The van der Waals surface area contributed by atoms with Crippen LogP contribution in [0.4, 0.5) is 4.79 Å². The molecule has 8 nitrogen and oxygen atoms in total. The van der Waals surface area contributed by atoms with Gasteiger partial charge in [-0.2, -0.15) is 0 Å². The largest absolute Gasteiger partial charge is 0.596 e. The van der Waals surface area contributed by atoms with Crippen molar-refractivity contribution in [1.82, 2.24) is 14.4 Å². The highest BCUT2D eigenvalue weighted by Crippen LogP contribution is 2.55. The molecule has 3 rings (SSSR count). The molecule has 1 unspecified atom stereocenters. The molecule has 2 atom stereocenters. The number of pyridine rings is 1. The maximum absolute atomic E-state index is 13.1. The van der Waals surface area contributed by atoms with E-state index >= 15 is 0 Å². The number of likely N-dealkylation sites (tertiary alicyclic amines) is 1. The maximum atomic E-state index is 13.1. The number of hydroxylamine groups is 1. The fourth-order valence-electron chi connectivity index (χ4n) is 4.38. The van der Waals surface area contributed by atoms with Crippen LogP contribution in [0.5, 0.6) is 5.88 Å². The number of piperidine rings is 1. The van der Waals surface area contributed by atoms with Crippen molar-refractivity contribution < 1.29 is 24.0 Å². The monoisotopic (exact) mass is 453 g/mol. The minimum atomic E-state index is -1.64. The van der Waals surface area contributed by atoms with Gasteiger partial charge in [-0.3, -0.25) is 5.21 Å². The Hall–Kier alpha value is -1.55. The third-order valence-electron chi connectivity index (χ3n) is 5.90. The van der Waals surface area contributed by atoms with Gasteiger partial charge in [0, 0.05) is 29.0 Å². The van der Waals surface area contributed by atoms with E-state index < -0.39 is 27.8 Å². The molecule has 0 saturated carbocycles. The van der Waals surface area contributed by atoms with Gasteiger partial charge in [0.1, 0.15) is 16.4 Å². The van der Waals surface area contributed by atoms with Gasteiger partial charge in [0.25, 0.3) is 0 Å². The quantitative estimate of drug-likeness (QED) is 0.548. The molecule has 1 spiro atoms. The fraction of sp³-hybridized carbons (Fsp3) is 0.727. The summed E-state index contributed by atoms with van der Waals surface area (Å²) in [7, 11) is 1.55. The molecule has 174 valence electrons. The van der Waals surface area contributed by atoms with Crippen LogP contribution in [0.25, 0.3) is 0 Å². The van der Waals surface area contributed by atoms with Gasteiger partial charge in [-0.1, -0.05) is 6.07 Å². The normalized spacial score (nSPS) is 21.9. The van der Waals surface area contributed by atoms with Gasteiger partial charge in [-0.15, -0.1) is 0 Å². The number of rotatable bonds is 3. The summed E-state index contributed by atoms with van der Waals surface area (Å²) in [6.45, 7) is 12.1. The van der Waals surface area contributed by atoms with Crippen molar-refractivity contribution in [3.63, 3.8) is 0 Å². The lowest BCUT2D eigenvalue weighted by Crippen LogP contribution is -2.52. The molecule has 2 aliphatic rings. The van der Waals surface area contributed by atoms with Crippen molar-refractivity contribution in [3.05, 3.63) is 23.4 Å². The number of methoxy groups -OCH3 is 1. The molecule has 1 aromatic rings. The number of nitrogens with zero attached hydrogens (tertiary/aromatic N) is 3. The van der Waals surface area contributed by atoms with Gasteiger partial charge in [0.2, 0.25) is 5.88 Å². The van der Waals surface area contributed by atoms with Gasteiger partial charge >= 0.3 is 6.09 Å². The van der Waals surface area contributed by atoms with Crippen LogP contribution in [0.15, 0.2) is 12.1 Å². The van der Waals surface area contributed by atoms with Crippen LogP contribution in [0.2, 0.25) is 0 Å². The Morgan fingerprint density at radius 2 is 1.87 bits per heavy atom. The van der Waals surface area contributed by atoms with Crippen molar-refractivity contribution in [2.24, 2.45) is 5.41 Å². The van der Waals surface area contributed by atoms with E-state index in [1.165, 1.54) is 0 Å². The average Bonchev–Trinajstić information content (AvgIpc) is 2.97. The second kappa shape index (κ2) is 8.42. The average molecular weight is 454 g/mol. The van der Waals surface area contributed by atoms with Crippen molar-refractivity contribution in [3.8, 4) is 5.88 Å². The SMILES string of the molecule is COc1ccc2c(n1)[C@H](N(O)[S+]([O-])C(C)(C)C)C1(CCN(C(=O)OC(C)(C)C)CC1)C2. The summed E-state index contributed by atoms with van der Waals surface area (Å²) in [5, 5.41) is 11.2. The van der Waals surface area contributed by atoms with E-state index in [4.69, 9.17) is 9.47 Å². The Kier molecular flexibility index (Phi) is 6.55. The first-order chi connectivity index (χ1) is 14.3. The van der Waals surface area contributed by atoms with Crippen LogP contribution < -0.4 is 4.74 Å². The van der Waals surface area contributed by atoms with Crippen molar-refractivity contribution in [2.45, 2.75) is 77.2 Å². The summed E-state index contributed by atoms with van der Waals surface area (Å²) in [5.41, 5.74) is 0.784. The van der Waals surface area contributed by atoms with Crippen LogP contribution >= 0.6 is 0 Å². The summed E-state index contributed by atoms with van der Waals surface area (Å²) in [6.07, 6.45) is 1.67. The maximum Gasteiger partial charge on any atom is 0.410 e. The van der Waals surface area contributed by atoms with Crippen LogP contribution in [0, 0.1) is 5.41 Å². The molecule has 0 bridgehead atoms. The van der Waals surface area contributed by atoms with Crippen LogP contribution in [-0.2, 0) is 22.5 Å². The Labute approximate surface area is 188 Å². The molecule has 1 saturated heterocycles. The predicted molar refractivity (Wildman–Crippen MR) is 118 cm³/mol. The highest BCUT2D eigenvalue weighted by Gasteiger charge is 2.56. The van der Waals surface area contributed by atoms with Gasteiger partial charge in [0.15, 0.2) is 0 Å². The van der Waals surface area contributed by atoms with Gasteiger partial charge in [0.05, 0.1) is 24.2 Å². The molecule has 1 aliphatic heterocycles. The minimum absolute atomic E-state index is 0.326. The lowest BCUT2D eigenvalue weighted by molar-refractivity contribution is -0.0967. The molecular weight excluding hydrogens is 418 g/mol. The number of amides is 1. The lowest BCUT2D eigenvalue weighted by atomic mass is 9.73. The number of aromatic nitrogens is 1. The number of fused-ring (bicyclic) bond motifs is 1. The number of carbonyl (C=O) groups is 1. The molecule has 0 aromatic carbocycles. The van der Waals surface area contributed by atoms with E-state index in [1.54, 1.807) is 12.0 Å². The lowest BCUT2D eigenvalue weighted by Gasteiger charge is -2.45. The first-order valence-electron chi connectivity index (χ1n) is 10.7. The zero-order chi connectivity index (χ0) is 23.2. The number of hydrogen-bond acceptors (Lipinski definition) is 7. The zero-order valence-electron chi connectivity index (χ0n) is 19.6. The van der Waals surface area contributed by atoms with Gasteiger partial charge in [-0.25, -0.2) is 9.78 Å². The second-order valence-electron chi connectivity index (χ2n) is 10.5. The molecule has 2 heterocycles. The highest BCUT2D eigenvalue weighted by atomic mass is 32.2. The molecule has 0 radical (unpaired) electrons. The summed E-state index contributed by atoms with van der Waals surface area (Å²) >= 11 is -1.64. The van der Waals surface area contributed by atoms with Gasteiger partial charge < -0.3 is 18.9 Å². The third-order valence-corrected chi connectivity index (χ3v) is 7.50. The number of carbonyl (C=O) groups excluding carboxylic acids is 1. The molecule has 31 heavy (non-hydrogen) atoms. The van der Waals surface area contributed by atoms with Crippen LogP contribution in [-0.4, -0.2) is 60.8 Å². The Morgan fingerprint density at radius 3 is 2.39 bits per heavy atom. The predicted octanol–water partition coefficient (Wildman–Crippen LogP) is 3.86. The van der Waals surface area contributed by atoms with Crippen molar-refractivity contribution >= 4 is 17.5 Å². The van der Waals surface area contributed by atoms with Crippen molar-refractivity contribution in [1.29, 1.82) is 0 Å². The topological polar surface area (TPSA) is 98.2 Å². The Bertz CT molecular complexity index is 812. The highest BCUT2D eigenvalue weighted by molar-refractivity contribution is 7.90. The summed E-state index contributed by atoms with van der Waals surface area (Å²) in [4.78, 5) is 18.9. The molecule has 1 aliphatic carbocycles. The molecule has 1 N–H and O–H groups in total. The standard InChI is InChI=1S/C22H35N3O5S/c1-20(2,3)30-19(26)24-12-10-22(11-13-24)14-15-8-9-16(29-7)23-17(15)18(22)25(27)31(28)21(4,5)6/h8-9,18,27H,10-14H2,1-7H3/t18-,31?/m0/s1. The van der Waals surface area contributed by atoms with E-state index in [0.717, 1.165) is 10.0 Å². The second-order valence-corrected chi connectivity index (χ2v) is 12.6. The molecule has 1 aromatic heterocycles. The summed E-state index contributed by atoms with van der Waals surface area (Å²) < 4.78 is 24.3. The minimum Gasteiger partial charge on any atom is -0.596 e. The van der Waals surface area contributed by atoms with E-state index in [2.05, 4.69) is 4.98 Å². The zero-order valence-corrected chi connectivity index (χ0v) is 20.4. The van der Waals surface area contributed by atoms with Crippen LogP contribution in [0.1, 0.15) is 71.7 Å². The Balaban J connectivity index is 1.89. The third kappa shape index (κ3) is 4.94.